The number of nitrogens with zero attached hydrogens (tertiary/aromatic N) is 2. The molecule has 0 fully saturated rings. The molecule has 0 amide bonds. The van der Waals surface area contributed by atoms with Crippen LogP contribution in [0.4, 0.5) is 5.69 Å². The second-order valence-corrected chi connectivity index (χ2v) is 7.29. The molecule has 2 rings (SSSR count). The molecule has 1 unspecified atom stereocenters. The van der Waals surface area contributed by atoms with E-state index in [0.29, 0.717) is 6.42 Å². The number of hydrogen-bond acceptors (Lipinski definition) is 3. The minimum atomic E-state index is 0.218. The van der Waals surface area contributed by atoms with Gasteiger partial charge in [0.25, 0.3) is 0 Å². The van der Waals surface area contributed by atoms with Gasteiger partial charge < -0.3 is 9.80 Å². The molecule has 0 bridgehead atoms. The zero-order valence-electron chi connectivity index (χ0n) is 17.5. The maximum atomic E-state index is 13.3. The molecular formula is C24H34N2O. The summed E-state index contributed by atoms with van der Waals surface area (Å²) < 4.78 is 0. The van der Waals surface area contributed by atoms with Gasteiger partial charge in [-0.15, -0.1) is 0 Å². The molecule has 0 spiro atoms. The second kappa shape index (κ2) is 10.3. The van der Waals surface area contributed by atoms with E-state index >= 15 is 0 Å². The number of anilines is 1. The molecule has 2 aromatic carbocycles. The van der Waals surface area contributed by atoms with Crippen LogP contribution in [-0.2, 0) is 12.8 Å². The Morgan fingerprint density at radius 3 is 2.15 bits per heavy atom. The van der Waals surface area contributed by atoms with Gasteiger partial charge in [-0.2, -0.15) is 0 Å². The Morgan fingerprint density at radius 2 is 1.59 bits per heavy atom. The van der Waals surface area contributed by atoms with E-state index in [-0.39, 0.29) is 11.8 Å². The third-order valence-corrected chi connectivity index (χ3v) is 5.32. The summed E-state index contributed by atoms with van der Waals surface area (Å²) in [6.07, 6.45) is 2.42. The van der Waals surface area contributed by atoms with Crippen LogP contribution >= 0.6 is 0 Å². The Hall–Kier alpha value is -2.13. The molecule has 1 atom stereocenters. The predicted octanol–water partition coefficient (Wildman–Crippen LogP) is 4.84. The Morgan fingerprint density at radius 1 is 0.926 bits per heavy atom. The van der Waals surface area contributed by atoms with Crippen molar-refractivity contribution in [2.45, 2.75) is 46.1 Å². The summed E-state index contributed by atoms with van der Waals surface area (Å²) in [4.78, 5) is 17.7. The predicted molar refractivity (Wildman–Crippen MR) is 116 cm³/mol. The standard InChI is InChI=1S/C24H34N2O/c1-6-19-14-15-22(23(17-19)25(4)5)24(27)18-21(26(7-2)8-3)16-20-12-10-9-11-13-20/h9-15,17,21H,6-8,16,18H2,1-5H3. The molecule has 146 valence electrons. The van der Waals surface area contributed by atoms with Crippen LogP contribution in [0, 0.1) is 0 Å². The van der Waals surface area contributed by atoms with Crippen molar-refractivity contribution in [1.82, 2.24) is 4.90 Å². The average molecular weight is 367 g/mol. The van der Waals surface area contributed by atoms with Crippen LogP contribution in [0.1, 0.15) is 48.7 Å². The zero-order chi connectivity index (χ0) is 19.8. The number of rotatable bonds is 10. The van der Waals surface area contributed by atoms with E-state index in [0.717, 1.165) is 37.2 Å². The first-order chi connectivity index (χ1) is 13.0. The lowest BCUT2D eigenvalue weighted by Gasteiger charge is -2.30. The highest BCUT2D eigenvalue weighted by Gasteiger charge is 2.22. The van der Waals surface area contributed by atoms with Gasteiger partial charge in [0.1, 0.15) is 0 Å². The number of Topliss-reactive ketones (excluding diaryl/α,β-unsaturated/α-hetero) is 1. The number of carbonyl (C=O) groups excluding carboxylic acids is 1. The lowest BCUT2D eigenvalue weighted by molar-refractivity contribution is 0.0925. The SMILES string of the molecule is CCc1ccc(C(=O)CC(Cc2ccccc2)N(CC)CC)c(N(C)C)c1. The van der Waals surface area contributed by atoms with Crippen molar-refractivity contribution < 1.29 is 4.79 Å². The monoisotopic (exact) mass is 366 g/mol. The minimum Gasteiger partial charge on any atom is -0.377 e. The summed E-state index contributed by atoms with van der Waals surface area (Å²) in [5.74, 6) is 0.231. The van der Waals surface area contributed by atoms with E-state index in [1.54, 1.807) is 0 Å². The Bertz CT molecular complexity index is 720. The van der Waals surface area contributed by atoms with E-state index < -0.39 is 0 Å². The number of benzene rings is 2. The molecule has 0 N–H and O–H groups in total. The lowest BCUT2D eigenvalue weighted by Crippen LogP contribution is -2.38. The third kappa shape index (κ3) is 5.67. The van der Waals surface area contributed by atoms with E-state index in [4.69, 9.17) is 0 Å². The van der Waals surface area contributed by atoms with Crippen molar-refractivity contribution in [2.24, 2.45) is 0 Å². The first kappa shape index (κ1) is 21.2. The van der Waals surface area contributed by atoms with Gasteiger partial charge in [-0.25, -0.2) is 0 Å². The molecule has 0 aromatic heterocycles. The highest BCUT2D eigenvalue weighted by Crippen LogP contribution is 2.24. The van der Waals surface area contributed by atoms with Crippen LogP contribution in [0.25, 0.3) is 0 Å². The Kier molecular flexibility index (Phi) is 8.05. The van der Waals surface area contributed by atoms with E-state index in [9.17, 15) is 4.79 Å². The van der Waals surface area contributed by atoms with Crippen molar-refractivity contribution in [3.63, 3.8) is 0 Å². The average Bonchev–Trinajstić information content (AvgIpc) is 2.69. The fourth-order valence-electron chi connectivity index (χ4n) is 3.68. The van der Waals surface area contributed by atoms with Gasteiger partial charge in [-0.3, -0.25) is 4.79 Å². The number of aryl methyl sites for hydroxylation is 1. The molecule has 0 aliphatic rings. The molecule has 0 radical (unpaired) electrons. The molecule has 0 saturated carbocycles. The van der Waals surface area contributed by atoms with Crippen molar-refractivity contribution in [3.05, 3.63) is 65.2 Å². The van der Waals surface area contributed by atoms with Crippen molar-refractivity contribution in [3.8, 4) is 0 Å². The van der Waals surface area contributed by atoms with Crippen LogP contribution in [0.5, 0.6) is 0 Å². The molecule has 0 heterocycles. The van der Waals surface area contributed by atoms with Gasteiger partial charge >= 0.3 is 0 Å². The number of hydrogen-bond donors (Lipinski definition) is 0. The summed E-state index contributed by atoms with van der Waals surface area (Å²) in [6.45, 7) is 8.40. The second-order valence-electron chi connectivity index (χ2n) is 7.29. The quantitative estimate of drug-likeness (QED) is 0.562. The number of likely N-dealkylation sites (N-methyl/N-ethyl adjacent to an activating group) is 1. The minimum absolute atomic E-state index is 0.218. The van der Waals surface area contributed by atoms with E-state index in [2.05, 4.69) is 67.0 Å². The summed E-state index contributed by atoms with van der Waals surface area (Å²) in [6, 6.07) is 17.0. The van der Waals surface area contributed by atoms with Crippen LogP contribution in [-0.4, -0.2) is 43.9 Å². The molecule has 3 heteroatoms. The maximum absolute atomic E-state index is 13.3. The summed E-state index contributed by atoms with van der Waals surface area (Å²) in [7, 11) is 4.02. The van der Waals surface area contributed by atoms with Crippen molar-refractivity contribution in [1.29, 1.82) is 0 Å². The molecule has 0 aliphatic carbocycles. The van der Waals surface area contributed by atoms with Crippen LogP contribution in [0.3, 0.4) is 0 Å². The third-order valence-electron chi connectivity index (χ3n) is 5.32. The largest absolute Gasteiger partial charge is 0.377 e. The van der Waals surface area contributed by atoms with Gasteiger partial charge in [0.15, 0.2) is 5.78 Å². The van der Waals surface area contributed by atoms with Crippen molar-refractivity contribution >= 4 is 11.5 Å². The van der Waals surface area contributed by atoms with Crippen molar-refractivity contribution in [2.75, 3.05) is 32.1 Å². The topological polar surface area (TPSA) is 23.6 Å². The normalized spacial score (nSPS) is 12.2. The van der Waals surface area contributed by atoms with Gasteiger partial charge in [-0.1, -0.05) is 57.2 Å². The van der Waals surface area contributed by atoms with E-state index in [1.807, 2.05) is 26.2 Å². The number of ketones is 1. The van der Waals surface area contributed by atoms with Crippen LogP contribution in [0.15, 0.2) is 48.5 Å². The van der Waals surface area contributed by atoms with E-state index in [1.165, 1.54) is 11.1 Å². The maximum Gasteiger partial charge on any atom is 0.166 e. The summed E-state index contributed by atoms with van der Waals surface area (Å²) >= 11 is 0. The molecule has 27 heavy (non-hydrogen) atoms. The Labute approximate surface area is 165 Å². The first-order valence-electron chi connectivity index (χ1n) is 10.1. The molecule has 2 aromatic rings. The highest BCUT2D eigenvalue weighted by molar-refractivity contribution is 6.01. The molecule has 0 aliphatic heterocycles. The summed E-state index contributed by atoms with van der Waals surface area (Å²) in [5.41, 5.74) is 4.41. The van der Waals surface area contributed by atoms with Crippen LogP contribution in [0.2, 0.25) is 0 Å². The summed E-state index contributed by atoms with van der Waals surface area (Å²) in [5, 5.41) is 0. The Balaban J connectivity index is 2.27. The fourth-order valence-corrected chi connectivity index (χ4v) is 3.68. The molecular weight excluding hydrogens is 332 g/mol. The molecule has 0 saturated heterocycles. The van der Waals surface area contributed by atoms with Gasteiger partial charge in [0, 0.05) is 37.8 Å². The zero-order valence-corrected chi connectivity index (χ0v) is 17.5. The fraction of sp³-hybridized carbons (Fsp3) is 0.458. The first-order valence-corrected chi connectivity index (χ1v) is 10.1. The van der Waals surface area contributed by atoms with Gasteiger partial charge in [0.05, 0.1) is 0 Å². The lowest BCUT2D eigenvalue weighted by atomic mass is 9.95. The number of carbonyl (C=O) groups is 1. The van der Waals surface area contributed by atoms with Crippen LogP contribution < -0.4 is 4.90 Å². The molecule has 3 nitrogen and oxygen atoms in total. The van der Waals surface area contributed by atoms with Gasteiger partial charge in [0.2, 0.25) is 0 Å². The smallest absolute Gasteiger partial charge is 0.166 e. The van der Waals surface area contributed by atoms with Gasteiger partial charge in [-0.05, 0) is 49.2 Å². The highest BCUT2D eigenvalue weighted by atomic mass is 16.1.